The Balaban J connectivity index is 1.63. The first-order chi connectivity index (χ1) is 11.6. The highest BCUT2D eigenvalue weighted by Gasteiger charge is 2.14. The number of halogens is 1. The van der Waals surface area contributed by atoms with E-state index in [1.165, 1.54) is 11.8 Å². The lowest BCUT2D eigenvalue weighted by molar-refractivity contribution is -0.113. The van der Waals surface area contributed by atoms with E-state index in [9.17, 15) is 4.79 Å². The molecule has 7 nitrogen and oxygen atoms in total. The van der Waals surface area contributed by atoms with Crippen molar-refractivity contribution in [2.75, 3.05) is 11.1 Å². The summed E-state index contributed by atoms with van der Waals surface area (Å²) in [6.07, 6.45) is 4.82. The fourth-order valence-corrected chi connectivity index (χ4v) is 3.08. The molecule has 0 saturated heterocycles. The molecule has 0 spiro atoms. The fraction of sp³-hybridized carbons (Fsp3) is 0.133. The molecule has 0 bridgehead atoms. The van der Waals surface area contributed by atoms with Crippen LogP contribution in [0.25, 0.3) is 11.5 Å². The maximum absolute atomic E-state index is 12.1. The number of amides is 1. The zero-order chi connectivity index (χ0) is 16.9. The van der Waals surface area contributed by atoms with E-state index in [-0.39, 0.29) is 11.7 Å². The van der Waals surface area contributed by atoms with E-state index in [1.54, 1.807) is 23.2 Å². The van der Waals surface area contributed by atoms with Gasteiger partial charge in [0.15, 0.2) is 11.0 Å². The summed E-state index contributed by atoms with van der Waals surface area (Å²) in [4.78, 5) is 20.3. The molecule has 1 amide bonds. The second-order valence-corrected chi connectivity index (χ2v) is 6.66. The van der Waals surface area contributed by atoms with E-state index in [0.29, 0.717) is 16.7 Å². The van der Waals surface area contributed by atoms with Crippen LogP contribution in [0.15, 0.2) is 52.5 Å². The summed E-state index contributed by atoms with van der Waals surface area (Å²) in [7, 11) is 1.83. The third kappa shape index (κ3) is 3.98. The van der Waals surface area contributed by atoms with Crippen molar-refractivity contribution in [2.45, 2.75) is 5.16 Å². The van der Waals surface area contributed by atoms with Gasteiger partial charge in [-0.05, 0) is 18.2 Å². The minimum Gasteiger partial charge on any atom is -0.325 e. The third-order valence-electron chi connectivity index (χ3n) is 3.07. The topological polar surface area (TPSA) is 85.6 Å². The zero-order valence-corrected chi connectivity index (χ0v) is 15.1. The maximum atomic E-state index is 12.1. The summed E-state index contributed by atoms with van der Waals surface area (Å²) in [5.41, 5.74) is 1.38. The normalized spacial score (nSPS) is 10.6. The Bertz CT molecular complexity index is 854. The number of anilines is 1. The number of nitrogens with zero attached hydrogens (tertiary/aromatic N) is 5. The van der Waals surface area contributed by atoms with E-state index in [2.05, 4.69) is 41.4 Å². The monoisotopic (exact) mass is 404 g/mol. The molecule has 0 saturated carbocycles. The average Bonchev–Trinajstić information content (AvgIpc) is 2.94. The molecule has 24 heavy (non-hydrogen) atoms. The smallest absolute Gasteiger partial charge is 0.234 e. The van der Waals surface area contributed by atoms with Crippen LogP contribution >= 0.6 is 27.7 Å². The lowest BCUT2D eigenvalue weighted by atomic mass is 10.3. The third-order valence-corrected chi connectivity index (χ3v) is 4.58. The van der Waals surface area contributed by atoms with Gasteiger partial charge >= 0.3 is 0 Å². The van der Waals surface area contributed by atoms with Crippen molar-refractivity contribution in [2.24, 2.45) is 7.05 Å². The van der Waals surface area contributed by atoms with Crippen LogP contribution in [0.5, 0.6) is 0 Å². The molecule has 0 atom stereocenters. The molecule has 1 aromatic carbocycles. The summed E-state index contributed by atoms with van der Waals surface area (Å²) in [6, 6.07) is 7.44. The molecule has 0 aliphatic heterocycles. The SMILES string of the molecule is Cn1c(SCC(=O)Nc2cccc(Br)c2)nnc1-c1cnccn1. The minimum absolute atomic E-state index is 0.109. The molecule has 9 heteroatoms. The second-order valence-electron chi connectivity index (χ2n) is 4.80. The highest BCUT2D eigenvalue weighted by atomic mass is 79.9. The summed E-state index contributed by atoms with van der Waals surface area (Å²) in [5.74, 6) is 0.735. The number of thioether (sulfide) groups is 1. The van der Waals surface area contributed by atoms with Crippen molar-refractivity contribution >= 4 is 39.3 Å². The van der Waals surface area contributed by atoms with E-state index in [1.807, 2.05) is 31.3 Å². The van der Waals surface area contributed by atoms with Gasteiger partial charge in [0.25, 0.3) is 0 Å². The van der Waals surface area contributed by atoms with E-state index in [0.717, 1.165) is 10.2 Å². The molecule has 0 fully saturated rings. The Hall–Kier alpha value is -2.26. The first kappa shape index (κ1) is 16.6. The second kappa shape index (κ2) is 7.54. The van der Waals surface area contributed by atoms with Gasteiger partial charge in [-0.15, -0.1) is 10.2 Å². The molecule has 0 aliphatic rings. The fourth-order valence-electron chi connectivity index (χ4n) is 1.97. The van der Waals surface area contributed by atoms with Crippen LogP contribution < -0.4 is 5.32 Å². The molecule has 0 aliphatic carbocycles. The van der Waals surface area contributed by atoms with Gasteiger partial charge in [0.1, 0.15) is 5.69 Å². The lowest BCUT2D eigenvalue weighted by Gasteiger charge is -2.05. The number of nitrogens with one attached hydrogen (secondary N) is 1. The quantitative estimate of drug-likeness (QED) is 0.657. The van der Waals surface area contributed by atoms with Gasteiger partial charge < -0.3 is 9.88 Å². The summed E-state index contributed by atoms with van der Waals surface area (Å²) in [5, 5.41) is 11.7. The first-order valence-corrected chi connectivity index (χ1v) is 8.75. The van der Waals surface area contributed by atoms with Gasteiger partial charge in [0.05, 0.1) is 11.9 Å². The van der Waals surface area contributed by atoms with Crippen molar-refractivity contribution in [3.8, 4) is 11.5 Å². The van der Waals surface area contributed by atoms with Gasteiger partial charge in [-0.2, -0.15) is 0 Å². The zero-order valence-electron chi connectivity index (χ0n) is 12.7. The van der Waals surface area contributed by atoms with Gasteiger partial charge in [-0.1, -0.05) is 33.8 Å². The Labute approximate surface area is 151 Å². The lowest BCUT2D eigenvalue weighted by Crippen LogP contribution is -2.14. The standard InChI is InChI=1S/C15H13BrN6OS/c1-22-14(12-8-17-5-6-18-12)20-21-15(22)24-9-13(23)19-11-4-2-3-10(16)7-11/h2-8H,9H2,1H3,(H,19,23). The van der Waals surface area contributed by atoms with Crippen LogP contribution in [0.4, 0.5) is 5.69 Å². The Kier molecular flexibility index (Phi) is 5.21. The Morgan fingerprint density at radius 2 is 2.21 bits per heavy atom. The van der Waals surface area contributed by atoms with E-state index >= 15 is 0 Å². The summed E-state index contributed by atoms with van der Waals surface area (Å²) >= 11 is 4.68. The molecular formula is C15H13BrN6OS. The van der Waals surface area contributed by atoms with Crippen LogP contribution in [0.3, 0.4) is 0 Å². The first-order valence-electron chi connectivity index (χ1n) is 6.97. The molecule has 2 heterocycles. The molecule has 122 valence electrons. The predicted octanol–water partition coefficient (Wildman–Crippen LogP) is 2.77. The van der Waals surface area contributed by atoms with E-state index < -0.39 is 0 Å². The number of aromatic nitrogens is 5. The average molecular weight is 405 g/mol. The number of hydrogen-bond donors (Lipinski definition) is 1. The predicted molar refractivity (Wildman–Crippen MR) is 95.5 cm³/mol. The number of hydrogen-bond acceptors (Lipinski definition) is 6. The molecule has 3 rings (SSSR count). The van der Waals surface area contributed by atoms with Gasteiger partial charge in [0.2, 0.25) is 5.91 Å². The van der Waals surface area contributed by atoms with Crippen molar-refractivity contribution in [3.63, 3.8) is 0 Å². The van der Waals surface area contributed by atoms with Gasteiger partial charge in [-0.3, -0.25) is 9.78 Å². The number of benzene rings is 1. The number of carbonyl (C=O) groups excluding carboxylic acids is 1. The largest absolute Gasteiger partial charge is 0.325 e. The van der Waals surface area contributed by atoms with Gasteiger partial charge in [-0.25, -0.2) is 4.98 Å². The van der Waals surface area contributed by atoms with Crippen LogP contribution in [0.2, 0.25) is 0 Å². The summed E-state index contributed by atoms with van der Waals surface area (Å²) < 4.78 is 2.70. The van der Waals surface area contributed by atoms with Crippen molar-refractivity contribution in [1.29, 1.82) is 0 Å². The van der Waals surface area contributed by atoms with Crippen LogP contribution in [-0.4, -0.2) is 36.4 Å². The molecule has 3 aromatic rings. The maximum Gasteiger partial charge on any atom is 0.234 e. The Morgan fingerprint density at radius 3 is 2.96 bits per heavy atom. The van der Waals surface area contributed by atoms with Crippen LogP contribution in [0.1, 0.15) is 0 Å². The highest BCUT2D eigenvalue weighted by Crippen LogP contribution is 2.21. The minimum atomic E-state index is -0.109. The summed E-state index contributed by atoms with van der Waals surface area (Å²) in [6.45, 7) is 0. The molecule has 1 N–H and O–H groups in total. The molecule has 0 radical (unpaired) electrons. The van der Waals surface area contributed by atoms with Crippen molar-refractivity contribution in [1.82, 2.24) is 24.7 Å². The van der Waals surface area contributed by atoms with Crippen molar-refractivity contribution in [3.05, 3.63) is 47.3 Å². The number of rotatable bonds is 5. The Morgan fingerprint density at radius 1 is 1.33 bits per heavy atom. The molecular weight excluding hydrogens is 392 g/mol. The molecule has 0 unspecified atom stereocenters. The van der Waals surface area contributed by atoms with Crippen LogP contribution in [-0.2, 0) is 11.8 Å². The van der Waals surface area contributed by atoms with Gasteiger partial charge in [0, 0.05) is 29.6 Å². The highest BCUT2D eigenvalue weighted by molar-refractivity contribution is 9.10. The van der Waals surface area contributed by atoms with E-state index in [4.69, 9.17) is 0 Å². The van der Waals surface area contributed by atoms with Crippen molar-refractivity contribution < 1.29 is 4.79 Å². The van der Waals surface area contributed by atoms with Crippen LogP contribution in [0, 0.1) is 0 Å². The molecule has 2 aromatic heterocycles. The number of carbonyl (C=O) groups is 1.